The number of rotatable bonds is 4. The number of nitrogens with one attached hydrogen (secondary N) is 2. The summed E-state index contributed by atoms with van der Waals surface area (Å²) in [5.41, 5.74) is -0.718. The molecule has 0 radical (unpaired) electrons. The van der Waals surface area contributed by atoms with Gasteiger partial charge < -0.3 is 10.6 Å². The lowest BCUT2D eigenvalue weighted by atomic mass is 10.1. The summed E-state index contributed by atoms with van der Waals surface area (Å²) in [5, 5.41) is 5.98. The van der Waals surface area contributed by atoms with E-state index in [1.54, 1.807) is 0 Å². The first-order chi connectivity index (χ1) is 8.03. The van der Waals surface area contributed by atoms with E-state index in [0.717, 1.165) is 12.8 Å². The first kappa shape index (κ1) is 11.1. The first-order valence-corrected chi connectivity index (χ1v) is 6.65. The van der Waals surface area contributed by atoms with Gasteiger partial charge in [-0.1, -0.05) is 13.8 Å². The maximum absolute atomic E-state index is 12.1. The molecule has 3 fully saturated rings. The molecule has 0 spiro atoms. The van der Waals surface area contributed by atoms with Gasteiger partial charge in [0.1, 0.15) is 5.41 Å². The lowest BCUT2D eigenvalue weighted by Gasteiger charge is -2.15. The van der Waals surface area contributed by atoms with Crippen LogP contribution in [-0.4, -0.2) is 23.9 Å². The van der Waals surface area contributed by atoms with Gasteiger partial charge in [0, 0.05) is 12.1 Å². The van der Waals surface area contributed by atoms with Crippen molar-refractivity contribution in [2.75, 3.05) is 0 Å². The van der Waals surface area contributed by atoms with Gasteiger partial charge in [0.2, 0.25) is 11.8 Å². The van der Waals surface area contributed by atoms with Crippen LogP contribution >= 0.6 is 0 Å². The molecule has 0 bridgehead atoms. The number of hydrogen-bond donors (Lipinski definition) is 2. The molecule has 0 aromatic heterocycles. The van der Waals surface area contributed by atoms with Gasteiger partial charge >= 0.3 is 0 Å². The molecule has 17 heavy (non-hydrogen) atoms. The lowest BCUT2D eigenvalue weighted by molar-refractivity contribution is -0.137. The molecule has 4 atom stereocenters. The zero-order chi connectivity index (χ0) is 12.2. The number of carbonyl (C=O) groups is 2. The van der Waals surface area contributed by atoms with E-state index in [1.807, 2.05) is 0 Å². The van der Waals surface area contributed by atoms with Gasteiger partial charge in [-0.25, -0.2) is 0 Å². The molecule has 3 rings (SSSR count). The molecule has 4 unspecified atom stereocenters. The molecule has 2 N–H and O–H groups in total. The van der Waals surface area contributed by atoms with Crippen LogP contribution in [0.2, 0.25) is 0 Å². The van der Waals surface area contributed by atoms with Crippen molar-refractivity contribution in [3.8, 4) is 0 Å². The summed E-state index contributed by atoms with van der Waals surface area (Å²) in [5.74, 6) is 1.08. The van der Waals surface area contributed by atoms with Crippen LogP contribution in [0.1, 0.15) is 39.5 Å². The second-order valence-corrected chi connectivity index (χ2v) is 6.17. The molecule has 94 valence electrons. The molecule has 0 aromatic rings. The highest BCUT2D eigenvalue weighted by molar-refractivity contribution is 6.08. The Bertz CT molecular complexity index is 344. The fraction of sp³-hybridized carbons (Fsp3) is 0.846. The highest BCUT2D eigenvalue weighted by atomic mass is 16.2. The average molecular weight is 236 g/mol. The normalized spacial score (nSPS) is 40.4. The lowest BCUT2D eigenvalue weighted by Crippen LogP contribution is -2.44. The summed E-state index contributed by atoms with van der Waals surface area (Å²) < 4.78 is 0. The summed E-state index contributed by atoms with van der Waals surface area (Å²) in [6.07, 6.45) is 3.55. The highest BCUT2D eigenvalue weighted by Crippen LogP contribution is 2.48. The van der Waals surface area contributed by atoms with Crippen molar-refractivity contribution in [3.63, 3.8) is 0 Å². The molecular formula is C13H20N2O2. The van der Waals surface area contributed by atoms with Gasteiger partial charge in [-0.2, -0.15) is 0 Å². The van der Waals surface area contributed by atoms with Crippen LogP contribution in [0.15, 0.2) is 0 Å². The Balaban J connectivity index is 1.56. The Morgan fingerprint density at radius 3 is 1.53 bits per heavy atom. The third-order valence-corrected chi connectivity index (χ3v) is 4.47. The minimum Gasteiger partial charge on any atom is -0.352 e. The van der Waals surface area contributed by atoms with Crippen LogP contribution in [0.3, 0.4) is 0 Å². The van der Waals surface area contributed by atoms with Crippen molar-refractivity contribution >= 4 is 11.8 Å². The molecule has 3 aliphatic rings. The number of carbonyl (C=O) groups excluding carboxylic acids is 2. The Hall–Kier alpha value is -1.06. The minimum atomic E-state index is -0.718. The van der Waals surface area contributed by atoms with E-state index in [1.165, 1.54) is 0 Å². The average Bonchev–Trinajstić information content (AvgIpc) is 3.09. The number of hydrogen-bond acceptors (Lipinski definition) is 2. The van der Waals surface area contributed by atoms with Crippen molar-refractivity contribution in [1.82, 2.24) is 10.6 Å². The molecular weight excluding hydrogens is 216 g/mol. The molecule has 4 heteroatoms. The standard InChI is InChI=1S/C13H20N2O2/c1-7-5-9(7)14-11(16)13(3-4-13)12(17)15-10-6-8(10)2/h7-10H,3-6H2,1-2H3,(H,14,16)(H,15,17). The molecule has 3 saturated carbocycles. The van der Waals surface area contributed by atoms with Gasteiger partial charge in [0.25, 0.3) is 0 Å². The fourth-order valence-electron chi connectivity index (χ4n) is 2.34. The molecule has 0 heterocycles. The topological polar surface area (TPSA) is 58.2 Å². The summed E-state index contributed by atoms with van der Waals surface area (Å²) in [7, 11) is 0. The van der Waals surface area contributed by atoms with Crippen molar-refractivity contribution < 1.29 is 9.59 Å². The van der Waals surface area contributed by atoms with Crippen molar-refractivity contribution in [2.24, 2.45) is 17.3 Å². The van der Waals surface area contributed by atoms with Crippen LogP contribution < -0.4 is 10.6 Å². The Labute approximate surface area is 102 Å². The van der Waals surface area contributed by atoms with Crippen molar-refractivity contribution in [2.45, 2.75) is 51.6 Å². The maximum Gasteiger partial charge on any atom is 0.235 e. The van der Waals surface area contributed by atoms with Gasteiger partial charge in [-0.05, 0) is 37.5 Å². The molecule has 3 aliphatic carbocycles. The van der Waals surface area contributed by atoms with Crippen LogP contribution in [0.5, 0.6) is 0 Å². The molecule has 0 aliphatic heterocycles. The monoisotopic (exact) mass is 236 g/mol. The van der Waals surface area contributed by atoms with Gasteiger partial charge in [0.15, 0.2) is 0 Å². The quantitative estimate of drug-likeness (QED) is 0.710. The van der Waals surface area contributed by atoms with Crippen LogP contribution in [0, 0.1) is 17.3 Å². The van der Waals surface area contributed by atoms with E-state index in [2.05, 4.69) is 24.5 Å². The van der Waals surface area contributed by atoms with E-state index >= 15 is 0 Å². The van der Waals surface area contributed by atoms with Crippen LogP contribution in [0.25, 0.3) is 0 Å². The van der Waals surface area contributed by atoms with Crippen molar-refractivity contribution in [1.29, 1.82) is 0 Å². The third-order valence-electron chi connectivity index (χ3n) is 4.47. The molecule has 0 aromatic carbocycles. The second kappa shape index (κ2) is 3.47. The summed E-state index contributed by atoms with van der Waals surface area (Å²) in [6.45, 7) is 4.24. The van der Waals surface area contributed by atoms with Gasteiger partial charge in [-0.15, -0.1) is 0 Å². The SMILES string of the molecule is CC1CC1NC(=O)C1(C(=O)NC2CC2C)CC1. The highest BCUT2D eigenvalue weighted by Gasteiger charge is 2.58. The predicted molar refractivity (Wildman–Crippen MR) is 63.1 cm³/mol. The molecule has 2 amide bonds. The van der Waals surface area contributed by atoms with Gasteiger partial charge in [0.05, 0.1) is 0 Å². The maximum atomic E-state index is 12.1. The van der Waals surface area contributed by atoms with E-state index < -0.39 is 5.41 Å². The zero-order valence-corrected chi connectivity index (χ0v) is 10.5. The first-order valence-electron chi connectivity index (χ1n) is 6.65. The van der Waals surface area contributed by atoms with E-state index in [-0.39, 0.29) is 11.8 Å². The van der Waals surface area contributed by atoms with E-state index in [0.29, 0.717) is 36.8 Å². The predicted octanol–water partition coefficient (Wildman–Crippen LogP) is 0.816. The smallest absolute Gasteiger partial charge is 0.235 e. The Kier molecular flexibility index (Phi) is 2.25. The molecule has 4 nitrogen and oxygen atoms in total. The zero-order valence-electron chi connectivity index (χ0n) is 10.5. The Morgan fingerprint density at radius 1 is 0.941 bits per heavy atom. The van der Waals surface area contributed by atoms with Gasteiger partial charge in [-0.3, -0.25) is 9.59 Å². The molecule has 0 saturated heterocycles. The van der Waals surface area contributed by atoms with E-state index in [4.69, 9.17) is 0 Å². The summed E-state index contributed by atoms with van der Waals surface area (Å²) >= 11 is 0. The second-order valence-electron chi connectivity index (χ2n) is 6.17. The Morgan fingerprint density at radius 2 is 1.29 bits per heavy atom. The number of amides is 2. The largest absolute Gasteiger partial charge is 0.352 e. The van der Waals surface area contributed by atoms with Crippen LogP contribution in [0.4, 0.5) is 0 Å². The van der Waals surface area contributed by atoms with Crippen molar-refractivity contribution in [3.05, 3.63) is 0 Å². The van der Waals surface area contributed by atoms with E-state index in [9.17, 15) is 9.59 Å². The summed E-state index contributed by atoms with van der Waals surface area (Å²) in [4.78, 5) is 24.2. The summed E-state index contributed by atoms with van der Waals surface area (Å²) in [6, 6.07) is 0.625. The fourth-order valence-corrected chi connectivity index (χ4v) is 2.34. The third kappa shape index (κ3) is 1.94. The van der Waals surface area contributed by atoms with Crippen LogP contribution in [-0.2, 0) is 9.59 Å². The minimum absolute atomic E-state index is 0.0438.